The summed E-state index contributed by atoms with van der Waals surface area (Å²) in [6, 6.07) is 61.0. The van der Waals surface area contributed by atoms with Crippen LogP contribution in [0.4, 0.5) is 28.4 Å². The summed E-state index contributed by atoms with van der Waals surface area (Å²) in [6.45, 7) is -0.0350. The molecule has 0 saturated heterocycles. The molecule has 5 heteroatoms. The molecule has 0 N–H and O–H groups in total. The van der Waals surface area contributed by atoms with Crippen molar-refractivity contribution in [3.63, 3.8) is 0 Å². The molecule has 0 fully saturated rings. The van der Waals surface area contributed by atoms with E-state index in [1.54, 1.807) is 0 Å². The molecule has 2 aliphatic heterocycles. The lowest BCUT2D eigenvalue weighted by Crippen LogP contribution is -2.60. The molecule has 4 nitrogen and oxygen atoms in total. The summed E-state index contributed by atoms with van der Waals surface area (Å²) in [7, 11) is 0. The summed E-state index contributed by atoms with van der Waals surface area (Å²) < 4.78 is 9.23. The van der Waals surface area contributed by atoms with Gasteiger partial charge in [-0.15, -0.1) is 0 Å². The van der Waals surface area contributed by atoms with E-state index in [1.807, 2.05) is 0 Å². The van der Waals surface area contributed by atoms with Crippen LogP contribution in [0.1, 0.15) is 0 Å². The van der Waals surface area contributed by atoms with Crippen LogP contribution in [0, 0.1) is 0 Å². The van der Waals surface area contributed by atoms with Crippen molar-refractivity contribution >= 4 is 79.0 Å². The Bertz CT molecular complexity index is 2690. The van der Waals surface area contributed by atoms with Gasteiger partial charge in [0.15, 0.2) is 5.76 Å². The molecule has 7 aromatic carbocycles. The number of hydrogen-bond donors (Lipinski definition) is 0. The highest BCUT2D eigenvalue weighted by Crippen LogP contribution is 2.49. The first kappa shape index (κ1) is 26.6. The zero-order valence-corrected chi connectivity index (χ0v) is 26.5. The van der Waals surface area contributed by atoms with Crippen molar-refractivity contribution < 1.29 is 4.42 Å². The lowest BCUT2D eigenvalue weighted by atomic mass is 9.44. The molecule has 228 valence electrons. The van der Waals surface area contributed by atoms with Gasteiger partial charge in [0.1, 0.15) is 5.58 Å². The largest absolute Gasteiger partial charge is 0.454 e. The van der Waals surface area contributed by atoms with Crippen LogP contribution < -0.4 is 20.6 Å². The topological polar surface area (TPSA) is 24.6 Å². The van der Waals surface area contributed by atoms with E-state index in [2.05, 4.69) is 184 Å². The average molecular weight is 626 g/mol. The molecule has 0 atom stereocenters. The van der Waals surface area contributed by atoms with Crippen LogP contribution in [-0.2, 0) is 0 Å². The first-order chi connectivity index (χ1) is 24.3. The molecule has 0 radical (unpaired) electrons. The van der Waals surface area contributed by atoms with Gasteiger partial charge in [-0.25, -0.2) is 0 Å². The van der Waals surface area contributed by atoms with Crippen molar-refractivity contribution in [3.8, 4) is 17.0 Å². The number of benzene rings is 7. The van der Waals surface area contributed by atoms with Crippen LogP contribution in [0.5, 0.6) is 0 Å². The quantitative estimate of drug-likeness (QED) is 0.182. The SMILES string of the molecule is c1ccc(N2B3c4c(cccc4-n4c5ccc(N(c6ccccc6)c6ccccc6)cc5c5cccc3c54)-c3oc4ccccc4c32)cc1. The molecule has 9 aromatic rings. The van der Waals surface area contributed by atoms with Gasteiger partial charge in [0.25, 0.3) is 0 Å². The maximum absolute atomic E-state index is 6.74. The maximum atomic E-state index is 6.74. The molecular formula is C44H28BN3O. The Morgan fingerprint density at radius 3 is 1.98 bits per heavy atom. The van der Waals surface area contributed by atoms with Crippen molar-refractivity contribution in [1.29, 1.82) is 0 Å². The van der Waals surface area contributed by atoms with Gasteiger partial charge in [0.05, 0.1) is 16.7 Å². The van der Waals surface area contributed by atoms with Gasteiger partial charge in [-0.1, -0.05) is 97.1 Å². The second-order valence-electron chi connectivity index (χ2n) is 12.9. The number of nitrogens with zero attached hydrogens (tertiary/aromatic N) is 3. The number of anilines is 5. The summed E-state index contributed by atoms with van der Waals surface area (Å²) in [5.41, 5.74) is 13.9. The van der Waals surface area contributed by atoms with Gasteiger partial charge in [-0.2, -0.15) is 0 Å². The molecule has 0 amide bonds. The van der Waals surface area contributed by atoms with Crippen molar-refractivity contribution in [2.45, 2.75) is 0 Å². The van der Waals surface area contributed by atoms with Crippen molar-refractivity contribution in [3.05, 3.63) is 170 Å². The van der Waals surface area contributed by atoms with E-state index in [0.29, 0.717) is 0 Å². The van der Waals surface area contributed by atoms with Crippen LogP contribution in [0.25, 0.3) is 49.8 Å². The summed E-state index contributed by atoms with van der Waals surface area (Å²) in [4.78, 5) is 4.86. The van der Waals surface area contributed by atoms with Gasteiger partial charge in [0, 0.05) is 50.2 Å². The molecule has 49 heavy (non-hydrogen) atoms. The van der Waals surface area contributed by atoms with Crippen molar-refractivity contribution in [2.24, 2.45) is 0 Å². The van der Waals surface area contributed by atoms with Crippen LogP contribution in [-0.4, -0.2) is 11.4 Å². The lowest BCUT2D eigenvalue weighted by molar-refractivity contribution is 0.632. The van der Waals surface area contributed by atoms with Crippen molar-refractivity contribution in [2.75, 3.05) is 9.71 Å². The highest BCUT2D eigenvalue weighted by Gasteiger charge is 2.45. The maximum Gasteiger partial charge on any atom is 0.333 e. The fraction of sp³-hybridized carbons (Fsp3) is 0. The third-order valence-electron chi connectivity index (χ3n) is 10.3. The van der Waals surface area contributed by atoms with Gasteiger partial charge in [0.2, 0.25) is 0 Å². The second-order valence-corrected chi connectivity index (χ2v) is 12.9. The third kappa shape index (κ3) is 3.64. The molecule has 2 aliphatic rings. The Kier molecular flexibility index (Phi) is 5.44. The Hall–Kier alpha value is -6.46. The normalized spacial score (nSPS) is 12.8. The van der Waals surface area contributed by atoms with Crippen LogP contribution >= 0.6 is 0 Å². The summed E-state index contributed by atoms with van der Waals surface area (Å²) >= 11 is 0. The Balaban J connectivity index is 1.22. The minimum Gasteiger partial charge on any atom is -0.454 e. The smallest absolute Gasteiger partial charge is 0.333 e. The predicted octanol–water partition coefficient (Wildman–Crippen LogP) is 10.2. The highest BCUT2D eigenvalue weighted by molar-refractivity contribution is 6.93. The molecule has 2 aromatic heterocycles. The Labute approximate surface area is 283 Å². The van der Waals surface area contributed by atoms with E-state index in [4.69, 9.17) is 4.42 Å². The van der Waals surface area contributed by atoms with Crippen LogP contribution in [0.15, 0.2) is 174 Å². The van der Waals surface area contributed by atoms with E-state index in [9.17, 15) is 0 Å². The fourth-order valence-corrected chi connectivity index (χ4v) is 8.40. The molecular weight excluding hydrogens is 597 g/mol. The van der Waals surface area contributed by atoms with Gasteiger partial charge >= 0.3 is 6.85 Å². The van der Waals surface area contributed by atoms with Gasteiger partial charge in [-0.05, 0) is 83.7 Å². The molecule has 0 bridgehead atoms. The monoisotopic (exact) mass is 625 g/mol. The number of furan rings is 1. The highest BCUT2D eigenvalue weighted by atomic mass is 16.3. The van der Waals surface area contributed by atoms with Crippen molar-refractivity contribution in [1.82, 2.24) is 4.57 Å². The summed E-state index contributed by atoms with van der Waals surface area (Å²) in [5, 5.41) is 3.61. The fourth-order valence-electron chi connectivity index (χ4n) is 8.40. The van der Waals surface area contributed by atoms with E-state index in [1.165, 1.54) is 38.4 Å². The Morgan fingerprint density at radius 2 is 1.20 bits per heavy atom. The molecule has 11 rings (SSSR count). The van der Waals surface area contributed by atoms with Crippen LogP contribution in [0.3, 0.4) is 0 Å². The molecule has 0 spiro atoms. The number of rotatable bonds is 4. The molecule has 0 saturated carbocycles. The van der Waals surface area contributed by atoms with E-state index in [-0.39, 0.29) is 6.85 Å². The first-order valence-corrected chi connectivity index (χ1v) is 16.8. The Morgan fingerprint density at radius 1 is 0.531 bits per heavy atom. The zero-order chi connectivity index (χ0) is 32.1. The lowest BCUT2D eigenvalue weighted by Gasteiger charge is -2.40. The molecule has 0 aliphatic carbocycles. The number of para-hydroxylation sites is 5. The minimum absolute atomic E-state index is 0.0350. The van der Waals surface area contributed by atoms with Gasteiger partial charge in [-0.3, -0.25) is 0 Å². The number of fused-ring (bicyclic) bond motifs is 9. The summed E-state index contributed by atoms with van der Waals surface area (Å²) in [6.07, 6.45) is 0. The van der Waals surface area contributed by atoms with E-state index >= 15 is 0 Å². The summed E-state index contributed by atoms with van der Waals surface area (Å²) in [5.74, 6) is 0.925. The standard InChI is InChI=1S/C44H28BN3O/c1-4-14-29(15-5-1)46(30-16-6-2-7-17-30)32-26-27-38-36(28-32)33-21-12-23-37-42(33)47(38)39-24-13-22-35-41(39)45(37)48(31-18-8-3-9-19-31)43-34-20-10-11-25-40(34)49-44(35)43/h1-28H. The molecule has 0 unspecified atom stereocenters. The number of hydrogen-bond acceptors (Lipinski definition) is 3. The number of aromatic nitrogens is 1. The van der Waals surface area contributed by atoms with E-state index < -0.39 is 0 Å². The third-order valence-corrected chi connectivity index (χ3v) is 10.3. The first-order valence-electron chi connectivity index (χ1n) is 16.8. The molecule has 4 heterocycles. The van der Waals surface area contributed by atoms with E-state index in [0.717, 1.165) is 50.7 Å². The van der Waals surface area contributed by atoms with Gasteiger partial charge < -0.3 is 18.7 Å². The minimum atomic E-state index is -0.0350. The average Bonchev–Trinajstić information content (AvgIpc) is 3.72. The predicted molar refractivity (Wildman–Crippen MR) is 204 cm³/mol. The van der Waals surface area contributed by atoms with Crippen LogP contribution in [0.2, 0.25) is 0 Å². The second kappa shape index (κ2) is 10.0. The zero-order valence-electron chi connectivity index (χ0n) is 26.5.